The first-order valence-electron chi connectivity index (χ1n) is 9.50. The van der Waals surface area contributed by atoms with Crippen LogP contribution < -0.4 is 10.3 Å². The fraction of sp³-hybridized carbons (Fsp3) is 0.174. The van der Waals surface area contributed by atoms with Gasteiger partial charge in [-0.15, -0.1) is 23.7 Å². The third kappa shape index (κ3) is 3.83. The highest BCUT2D eigenvalue weighted by Crippen LogP contribution is 2.42. The van der Waals surface area contributed by atoms with Crippen molar-refractivity contribution in [2.75, 3.05) is 28.3 Å². The van der Waals surface area contributed by atoms with Crippen LogP contribution in [0, 0.1) is 0 Å². The number of aromatic nitrogens is 1. The van der Waals surface area contributed by atoms with Crippen molar-refractivity contribution in [1.82, 2.24) is 9.47 Å². The van der Waals surface area contributed by atoms with Gasteiger partial charge in [-0.2, -0.15) is 0 Å². The predicted molar refractivity (Wildman–Crippen MR) is 132 cm³/mol. The molecule has 9 heteroatoms. The summed E-state index contributed by atoms with van der Waals surface area (Å²) < 4.78 is 12.1. The Labute approximate surface area is 194 Å². The number of halogens is 1. The second-order valence-electron chi connectivity index (χ2n) is 7.02. The van der Waals surface area contributed by atoms with Crippen molar-refractivity contribution in [3.63, 3.8) is 0 Å². The van der Waals surface area contributed by atoms with Gasteiger partial charge in [0, 0.05) is 24.9 Å². The Morgan fingerprint density at radius 1 is 1.06 bits per heavy atom. The molecule has 7 nitrogen and oxygen atoms in total. The van der Waals surface area contributed by atoms with Crippen LogP contribution in [0.25, 0.3) is 26.7 Å². The van der Waals surface area contributed by atoms with Gasteiger partial charge in [0.25, 0.3) is 5.56 Å². The van der Waals surface area contributed by atoms with Gasteiger partial charge in [0.1, 0.15) is 21.1 Å². The fourth-order valence-electron chi connectivity index (χ4n) is 3.47. The highest BCUT2D eigenvalue weighted by atomic mass is 35.5. The molecule has 4 aromatic rings. The van der Waals surface area contributed by atoms with Gasteiger partial charge in [-0.1, -0.05) is 30.3 Å². The lowest BCUT2D eigenvalue weighted by Gasteiger charge is -2.13. The molecule has 4 rings (SSSR count). The number of rotatable bonds is 5. The number of carbonyl (C=O) groups is 1. The van der Waals surface area contributed by atoms with E-state index < -0.39 is 5.97 Å². The van der Waals surface area contributed by atoms with Crippen molar-refractivity contribution in [2.24, 2.45) is 4.99 Å². The third-order valence-corrected chi connectivity index (χ3v) is 5.96. The maximum absolute atomic E-state index is 13.6. The van der Waals surface area contributed by atoms with E-state index in [9.17, 15) is 9.59 Å². The van der Waals surface area contributed by atoms with Crippen LogP contribution >= 0.6 is 23.7 Å². The lowest BCUT2D eigenvalue weighted by Crippen LogP contribution is -2.19. The quantitative estimate of drug-likeness (QED) is 0.241. The average molecular weight is 472 g/mol. The molecule has 0 aliphatic carbocycles. The Kier molecular flexibility index (Phi) is 6.86. The number of carbonyl (C=O) groups excluding carboxylic acids is 1. The average Bonchev–Trinajstić information content (AvgIpc) is 3.17. The van der Waals surface area contributed by atoms with Gasteiger partial charge < -0.3 is 14.4 Å². The minimum atomic E-state index is -0.504. The van der Waals surface area contributed by atoms with Crippen LogP contribution in [-0.2, 0) is 4.74 Å². The predicted octanol–water partition coefficient (Wildman–Crippen LogP) is 4.64. The second kappa shape index (κ2) is 9.42. The normalized spacial score (nSPS) is 11.0. The number of hydrogen-bond donors (Lipinski definition) is 0. The van der Waals surface area contributed by atoms with Crippen LogP contribution in [0.15, 0.2) is 58.3 Å². The summed E-state index contributed by atoms with van der Waals surface area (Å²) in [7, 11) is 6.58. The standard InChI is InChI=1S/C23H21N3O4S.ClH/c1-25(2)13-24-19-18-14-9-5-6-10-15(14)21(27)26(16-11-7-8-12-17(16)29-3)22(18)31-20(19)23(28)30-4;/h5-13H,1-4H3;1H. The molecule has 0 saturated carbocycles. The van der Waals surface area contributed by atoms with Crippen LogP contribution in [0.5, 0.6) is 5.75 Å². The Morgan fingerprint density at radius 2 is 1.72 bits per heavy atom. The number of thiophene rings is 1. The lowest BCUT2D eigenvalue weighted by molar-refractivity contribution is 0.0607. The van der Waals surface area contributed by atoms with Crippen LogP contribution in [0.3, 0.4) is 0 Å². The number of fused-ring (bicyclic) bond motifs is 3. The van der Waals surface area contributed by atoms with Crippen molar-refractivity contribution < 1.29 is 14.3 Å². The maximum atomic E-state index is 13.6. The number of nitrogens with zero attached hydrogens (tertiary/aromatic N) is 3. The number of para-hydroxylation sites is 2. The number of pyridine rings is 1. The number of aliphatic imine (C=N–C) groups is 1. The first kappa shape index (κ1) is 23.3. The maximum Gasteiger partial charge on any atom is 0.350 e. The number of esters is 1. The first-order valence-corrected chi connectivity index (χ1v) is 10.3. The fourth-order valence-corrected chi connectivity index (χ4v) is 4.66. The topological polar surface area (TPSA) is 73.1 Å². The lowest BCUT2D eigenvalue weighted by atomic mass is 10.1. The monoisotopic (exact) mass is 471 g/mol. The Bertz CT molecular complexity index is 1390. The molecular formula is C23H22ClN3O4S. The Balaban J connectivity index is 0.00000289. The zero-order valence-electron chi connectivity index (χ0n) is 18.0. The third-order valence-electron chi connectivity index (χ3n) is 4.81. The number of benzene rings is 2. The van der Waals surface area contributed by atoms with Crippen LogP contribution in [0.4, 0.5) is 5.69 Å². The molecule has 0 unspecified atom stereocenters. The molecule has 166 valence electrons. The molecule has 0 radical (unpaired) electrons. The Hall–Kier alpha value is -3.36. The van der Waals surface area contributed by atoms with Gasteiger partial charge in [0.05, 0.1) is 26.2 Å². The number of methoxy groups -OCH3 is 2. The van der Waals surface area contributed by atoms with Crippen molar-refractivity contribution in [3.05, 3.63) is 63.8 Å². The summed E-state index contributed by atoms with van der Waals surface area (Å²) in [5, 5.41) is 1.96. The molecule has 0 spiro atoms. The SMILES string of the molecule is COC(=O)c1sc2c(c1N=CN(C)C)c1ccccc1c(=O)n2-c1ccccc1OC.Cl. The van der Waals surface area contributed by atoms with Crippen molar-refractivity contribution >= 4 is 62.7 Å². The van der Waals surface area contributed by atoms with E-state index in [4.69, 9.17) is 9.47 Å². The van der Waals surface area contributed by atoms with E-state index in [0.717, 1.165) is 5.39 Å². The molecule has 2 heterocycles. The van der Waals surface area contributed by atoms with Crippen molar-refractivity contribution in [2.45, 2.75) is 0 Å². The van der Waals surface area contributed by atoms with E-state index >= 15 is 0 Å². The van der Waals surface area contributed by atoms with E-state index in [1.807, 2.05) is 50.5 Å². The van der Waals surface area contributed by atoms with E-state index in [1.165, 1.54) is 18.4 Å². The molecule has 2 aromatic carbocycles. The molecule has 32 heavy (non-hydrogen) atoms. The van der Waals surface area contributed by atoms with Crippen molar-refractivity contribution in [1.29, 1.82) is 0 Å². The molecule has 0 aliphatic rings. The largest absolute Gasteiger partial charge is 0.495 e. The van der Waals surface area contributed by atoms with Gasteiger partial charge in [-0.25, -0.2) is 9.79 Å². The molecule has 0 aliphatic heterocycles. The van der Waals surface area contributed by atoms with E-state index in [-0.39, 0.29) is 18.0 Å². The molecule has 0 fully saturated rings. The summed E-state index contributed by atoms with van der Waals surface area (Å²) in [6, 6.07) is 14.6. The highest BCUT2D eigenvalue weighted by Gasteiger charge is 2.25. The molecular weight excluding hydrogens is 450 g/mol. The molecule has 0 bridgehead atoms. The number of ether oxygens (including phenoxy) is 2. The van der Waals surface area contributed by atoms with Gasteiger partial charge in [-0.3, -0.25) is 9.36 Å². The summed E-state index contributed by atoms with van der Waals surface area (Å²) >= 11 is 1.18. The summed E-state index contributed by atoms with van der Waals surface area (Å²) in [5.74, 6) is 0.0442. The van der Waals surface area contributed by atoms with Gasteiger partial charge >= 0.3 is 5.97 Å². The number of hydrogen-bond acceptors (Lipinski definition) is 6. The Morgan fingerprint density at radius 3 is 2.38 bits per heavy atom. The molecule has 0 atom stereocenters. The van der Waals surface area contributed by atoms with E-state index in [0.29, 0.717) is 37.6 Å². The zero-order chi connectivity index (χ0) is 22.1. The zero-order valence-corrected chi connectivity index (χ0v) is 19.6. The van der Waals surface area contributed by atoms with Gasteiger partial charge in [0.15, 0.2) is 0 Å². The molecule has 0 N–H and O–H groups in total. The molecule has 2 aromatic heterocycles. The van der Waals surface area contributed by atoms with Crippen molar-refractivity contribution in [3.8, 4) is 11.4 Å². The first-order chi connectivity index (χ1) is 15.0. The van der Waals surface area contributed by atoms with Crippen LogP contribution in [-0.4, -0.2) is 50.1 Å². The van der Waals surface area contributed by atoms with Crippen LogP contribution in [0.1, 0.15) is 9.67 Å². The van der Waals surface area contributed by atoms with Gasteiger partial charge in [0.2, 0.25) is 0 Å². The molecule has 0 saturated heterocycles. The van der Waals surface area contributed by atoms with E-state index in [1.54, 1.807) is 35.0 Å². The second-order valence-corrected chi connectivity index (χ2v) is 8.02. The van der Waals surface area contributed by atoms with Gasteiger partial charge in [-0.05, 0) is 23.6 Å². The molecule has 0 amide bonds. The minimum absolute atomic E-state index is 0. The highest BCUT2D eigenvalue weighted by molar-refractivity contribution is 7.21. The summed E-state index contributed by atoms with van der Waals surface area (Å²) in [4.78, 5) is 33.5. The van der Waals surface area contributed by atoms with E-state index in [2.05, 4.69) is 4.99 Å². The summed E-state index contributed by atoms with van der Waals surface area (Å²) in [5.41, 5.74) is 0.861. The smallest absolute Gasteiger partial charge is 0.350 e. The van der Waals surface area contributed by atoms with Crippen LogP contribution in [0.2, 0.25) is 0 Å². The summed E-state index contributed by atoms with van der Waals surface area (Å²) in [6.45, 7) is 0. The minimum Gasteiger partial charge on any atom is -0.495 e. The summed E-state index contributed by atoms with van der Waals surface area (Å²) in [6.07, 6.45) is 1.63.